The molecule has 53 heavy (non-hydrogen) atoms. The van der Waals surface area contributed by atoms with E-state index in [9.17, 15) is 26.7 Å². The molecule has 1 N–H and O–H groups in total. The van der Waals surface area contributed by atoms with E-state index in [1.807, 2.05) is 25.1 Å². The molecule has 3 aliphatic heterocycles. The number of fused-ring (bicyclic) bond motifs is 2. The largest absolute Gasteiger partial charge is 0.481 e. The van der Waals surface area contributed by atoms with Crippen molar-refractivity contribution in [3.63, 3.8) is 0 Å². The zero-order valence-electron chi connectivity index (χ0n) is 29.5. The lowest BCUT2D eigenvalue weighted by atomic mass is 9.72. The van der Waals surface area contributed by atoms with Gasteiger partial charge >= 0.3 is 12.2 Å². The van der Waals surface area contributed by atoms with E-state index in [4.69, 9.17) is 19.4 Å². The molecular formula is C38H42F5N7O3. The summed E-state index contributed by atoms with van der Waals surface area (Å²) in [6.07, 6.45) is 1.93. The van der Waals surface area contributed by atoms with Crippen molar-refractivity contribution in [2.24, 2.45) is 5.41 Å². The summed E-state index contributed by atoms with van der Waals surface area (Å²) in [5.41, 5.74) is 3.11. The van der Waals surface area contributed by atoms with Gasteiger partial charge in [0.2, 0.25) is 5.91 Å². The van der Waals surface area contributed by atoms with Crippen LogP contribution in [0.5, 0.6) is 11.8 Å². The standard InChI is InChI=1S/C38H42F5N7O3/c1-4-24-16-27-33(34(52-22-38(41,42)43)32(24)31-23(3)6-7-29-28(31)19-44-47-29)45-36(53-26-8-12-48(13-9-26)25(17-39)18-40)46-35(27)49-14-10-37(11-15-49)20-50(21-37)30(51)5-2/h4-7,16,19,25-26H,1-2,8-15,17-18,20-22H2,3H3,(H,44,47). The van der Waals surface area contributed by atoms with Crippen LogP contribution in [-0.4, -0.2) is 113 Å². The quantitative estimate of drug-likeness (QED) is 0.132. The summed E-state index contributed by atoms with van der Waals surface area (Å²) in [4.78, 5) is 27.5. The number of hydrogen-bond donors (Lipinski definition) is 1. The Balaban J connectivity index is 1.34. The van der Waals surface area contributed by atoms with Crippen LogP contribution in [0.4, 0.5) is 27.8 Å². The average Bonchev–Trinajstić information content (AvgIpc) is 3.62. The highest BCUT2D eigenvalue weighted by atomic mass is 19.4. The highest BCUT2D eigenvalue weighted by molar-refractivity contribution is 6.07. The van der Waals surface area contributed by atoms with Crippen LogP contribution in [0, 0.1) is 12.3 Å². The lowest BCUT2D eigenvalue weighted by molar-refractivity contribution is -0.153. The number of hydrogen-bond acceptors (Lipinski definition) is 8. The fraction of sp³-hybridized carbons (Fsp3) is 0.474. The van der Waals surface area contributed by atoms with Crippen molar-refractivity contribution in [3.8, 4) is 22.9 Å². The molecule has 0 aliphatic carbocycles. The van der Waals surface area contributed by atoms with Crippen LogP contribution in [0.25, 0.3) is 39.0 Å². The first-order valence-electron chi connectivity index (χ1n) is 17.8. The molecule has 7 rings (SSSR count). The summed E-state index contributed by atoms with van der Waals surface area (Å²) < 4.78 is 80.8. The van der Waals surface area contributed by atoms with Crippen molar-refractivity contribution in [1.82, 2.24) is 30.0 Å². The number of alkyl halides is 5. The maximum absolute atomic E-state index is 13.9. The number of likely N-dealkylation sites (tertiary alicyclic amines) is 2. The lowest BCUT2D eigenvalue weighted by Gasteiger charge is -2.54. The smallest absolute Gasteiger partial charge is 0.422 e. The number of carbonyl (C=O) groups is 1. The molecule has 2 aromatic heterocycles. The van der Waals surface area contributed by atoms with Crippen LogP contribution in [0.1, 0.15) is 36.8 Å². The molecule has 10 nitrogen and oxygen atoms in total. The van der Waals surface area contributed by atoms with Gasteiger partial charge in [0, 0.05) is 61.0 Å². The van der Waals surface area contributed by atoms with Gasteiger partial charge in [-0.3, -0.25) is 14.8 Å². The fourth-order valence-corrected chi connectivity index (χ4v) is 7.99. The SMILES string of the molecule is C=CC(=O)N1CC2(CCN(c3nc(OC4CCN(C(CF)CF)CC4)nc4c(OCC(F)(F)F)c(-c5c(C)ccc6[nH]ncc56)c(C=C)cc34)CC2)C1. The summed E-state index contributed by atoms with van der Waals surface area (Å²) >= 11 is 0. The summed E-state index contributed by atoms with van der Waals surface area (Å²) in [5, 5.41) is 8.29. The number of aromatic amines is 1. The van der Waals surface area contributed by atoms with Gasteiger partial charge in [0.05, 0.1) is 17.8 Å². The molecule has 3 fully saturated rings. The normalized spacial score (nSPS) is 18.2. The van der Waals surface area contributed by atoms with Gasteiger partial charge in [-0.05, 0) is 67.5 Å². The van der Waals surface area contributed by atoms with E-state index in [-0.39, 0.29) is 28.6 Å². The molecule has 1 amide bonds. The predicted molar refractivity (Wildman–Crippen MR) is 193 cm³/mol. The van der Waals surface area contributed by atoms with Crippen molar-refractivity contribution < 1.29 is 36.2 Å². The van der Waals surface area contributed by atoms with Crippen molar-refractivity contribution in [2.75, 3.05) is 64.1 Å². The Morgan fingerprint density at radius 3 is 2.42 bits per heavy atom. The van der Waals surface area contributed by atoms with Gasteiger partial charge in [0.1, 0.15) is 30.8 Å². The van der Waals surface area contributed by atoms with Gasteiger partial charge in [-0.1, -0.05) is 25.3 Å². The molecule has 3 aliphatic rings. The van der Waals surface area contributed by atoms with Crippen molar-refractivity contribution in [1.29, 1.82) is 0 Å². The monoisotopic (exact) mass is 739 g/mol. The number of amides is 1. The number of nitrogens with one attached hydrogen (secondary N) is 1. The molecule has 0 saturated carbocycles. The zero-order chi connectivity index (χ0) is 37.5. The van der Waals surface area contributed by atoms with Gasteiger partial charge in [-0.2, -0.15) is 28.2 Å². The molecule has 0 radical (unpaired) electrons. The molecule has 4 aromatic rings. The van der Waals surface area contributed by atoms with Crippen LogP contribution >= 0.6 is 0 Å². The minimum atomic E-state index is -4.66. The number of H-pyrrole nitrogens is 1. The highest BCUT2D eigenvalue weighted by Gasteiger charge is 2.46. The molecule has 0 bridgehead atoms. The van der Waals surface area contributed by atoms with Crippen molar-refractivity contribution in [3.05, 3.63) is 54.8 Å². The topological polar surface area (TPSA) is 99.7 Å². The van der Waals surface area contributed by atoms with Crippen LogP contribution in [0.3, 0.4) is 0 Å². The van der Waals surface area contributed by atoms with E-state index >= 15 is 0 Å². The number of carbonyl (C=O) groups excluding carboxylic acids is 1. The third kappa shape index (κ3) is 7.15. The first kappa shape index (κ1) is 36.6. The molecule has 1 spiro atoms. The summed E-state index contributed by atoms with van der Waals surface area (Å²) in [6, 6.07) is 4.70. The lowest BCUT2D eigenvalue weighted by Crippen LogP contribution is -2.61. The summed E-state index contributed by atoms with van der Waals surface area (Å²) in [7, 11) is 0. The molecule has 3 saturated heterocycles. The zero-order valence-corrected chi connectivity index (χ0v) is 29.5. The van der Waals surface area contributed by atoms with E-state index in [0.717, 1.165) is 18.4 Å². The predicted octanol–water partition coefficient (Wildman–Crippen LogP) is 6.83. The third-order valence-corrected chi connectivity index (χ3v) is 10.9. The van der Waals surface area contributed by atoms with E-state index in [2.05, 4.69) is 28.3 Å². The molecular weight excluding hydrogens is 697 g/mol. The molecule has 0 atom stereocenters. The number of piperidine rings is 2. The van der Waals surface area contributed by atoms with E-state index in [0.29, 0.717) is 90.9 Å². The van der Waals surface area contributed by atoms with Gasteiger partial charge in [-0.25, -0.2) is 8.78 Å². The second-order valence-electron chi connectivity index (χ2n) is 14.3. The average molecular weight is 740 g/mol. The van der Waals surface area contributed by atoms with Gasteiger partial charge in [-0.15, -0.1) is 0 Å². The molecule has 0 unspecified atom stereocenters. The Labute approximate surface area is 303 Å². The maximum Gasteiger partial charge on any atom is 0.422 e. The molecule has 282 valence electrons. The Morgan fingerprint density at radius 2 is 1.77 bits per heavy atom. The first-order chi connectivity index (χ1) is 25.5. The summed E-state index contributed by atoms with van der Waals surface area (Å²) in [5.74, 6) is 0.294. The molecule has 5 heterocycles. The van der Waals surface area contributed by atoms with Crippen molar-refractivity contribution in [2.45, 2.75) is 50.9 Å². The number of halogens is 5. The Hall–Kier alpha value is -4.79. The molecule has 2 aromatic carbocycles. The Morgan fingerprint density at radius 1 is 1.06 bits per heavy atom. The number of aryl methyl sites for hydroxylation is 1. The number of benzene rings is 2. The number of nitrogens with zero attached hydrogens (tertiary/aromatic N) is 6. The molecule has 15 heteroatoms. The van der Waals surface area contributed by atoms with E-state index < -0.39 is 38.3 Å². The second kappa shape index (κ2) is 14.6. The van der Waals surface area contributed by atoms with Crippen LogP contribution in [0.2, 0.25) is 0 Å². The summed E-state index contributed by atoms with van der Waals surface area (Å²) in [6.45, 7) is 9.57. The van der Waals surface area contributed by atoms with Gasteiger partial charge in [0.15, 0.2) is 12.4 Å². The highest BCUT2D eigenvalue weighted by Crippen LogP contribution is 2.48. The first-order valence-corrected chi connectivity index (χ1v) is 17.8. The minimum absolute atomic E-state index is 0.0300. The number of aromatic nitrogens is 4. The number of rotatable bonds is 11. The Bertz CT molecular complexity index is 2010. The van der Waals surface area contributed by atoms with Gasteiger partial charge in [0.25, 0.3) is 0 Å². The van der Waals surface area contributed by atoms with E-state index in [1.165, 1.54) is 6.08 Å². The Kier molecular flexibility index (Phi) is 10.0. The second-order valence-corrected chi connectivity index (χ2v) is 14.3. The number of ether oxygens (including phenoxy) is 2. The third-order valence-electron chi connectivity index (χ3n) is 10.9. The maximum atomic E-state index is 13.9. The van der Waals surface area contributed by atoms with Crippen LogP contribution in [-0.2, 0) is 4.79 Å². The number of anilines is 1. The van der Waals surface area contributed by atoms with E-state index in [1.54, 1.807) is 22.1 Å². The van der Waals surface area contributed by atoms with Crippen LogP contribution in [0.15, 0.2) is 43.6 Å². The van der Waals surface area contributed by atoms with Crippen LogP contribution < -0.4 is 14.4 Å². The fourth-order valence-electron chi connectivity index (χ4n) is 7.99. The van der Waals surface area contributed by atoms with Crippen molar-refractivity contribution >= 4 is 39.6 Å². The van der Waals surface area contributed by atoms with Gasteiger partial charge < -0.3 is 19.3 Å². The minimum Gasteiger partial charge on any atom is -0.481 e.